The van der Waals surface area contributed by atoms with Crippen LogP contribution in [0, 0.1) is 6.92 Å². The molecule has 0 spiro atoms. The summed E-state index contributed by atoms with van der Waals surface area (Å²) in [6.45, 7) is 2.86. The summed E-state index contributed by atoms with van der Waals surface area (Å²) in [5.41, 5.74) is 2.06. The molecule has 1 aromatic heterocycles. The summed E-state index contributed by atoms with van der Waals surface area (Å²) in [4.78, 5) is 8.96. The lowest BCUT2D eigenvalue weighted by molar-refractivity contribution is 0.174. The number of hydrogen-bond acceptors (Lipinski definition) is 5. The van der Waals surface area contributed by atoms with Crippen LogP contribution in [0.2, 0.25) is 0 Å². The van der Waals surface area contributed by atoms with Gasteiger partial charge in [-0.3, -0.25) is 0 Å². The van der Waals surface area contributed by atoms with Crippen molar-refractivity contribution in [2.24, 2.45) is 0 Å². The van der Waals surface area contributed by atoms with Crippen LogP contribution in [0.5, 0.6) is 11.5 Å². The number of nitrogens with one attached hydrogen (secondary N) is 1. The number of para-hydroxylation sites is 1. The lowest BCUT2D eigenvalue weighted by Gasteiger charge is -2.10. The highest BCUT2D eigenvalue weighted by atomic mass is 16.7. The quantitative estimate of drug-likeness (QED) is 0.803. The van der Waals surface area contributed by atoms with Gasteiger partial charge >= 0.3 is 0 Å². The predicted octanol–water partition coefficient (Wildman–Crippen LogP) is 3.28. The Hall–Kier alpha value is -2.82. The molecular formula is C17H15N3O2. The first-order valence-electron chi connectivity index (χ1n) is 7.15. The molecule has 1 aliphatic rings. The van der Waals surface area contributed by atoms with Crippen molar-refractivity contribution in [1.29, 1.82) is 0 Å². The molecular weight excluding hydrogens is 278 g/mol. The van der Waals surface area contributed by atoms with Crippen molar-refractivity contribution < 1.29 is 9.47 Å². The Kier molecular flexibility index (Phi) is 3.04. The van der Waals surface area contributed by atoms with Crippen LogP contribution in [0.1, 0.15) is 11.4 Å². The van der Waals surface area contributed by atoms with Crippen molar-refractivity contribution in [3.05, 3.63) is 53.9 Å². The fourth-order valence-electron chi connectivity index (χ4n) is 2.56. The minimum atomic E-state index is 0.294. The Balaban J connectivity index is 1.61. The zero-order valence-electron chi connectivity index (χ0n) is 12.2. The van der Waals surface area contributed by atoms with E-state index in [1.54, 1.807) is 0 Å². The summed E-state index contributed by atoms with van der Waals surface area (Å²) in [7, 11) is 0. The zero-order chi connectivity index (χ0) is 14.9. The molecule has 3 aromatic rings. The smallest absolute Gasteiger partial charge is 0.231 e. The fraction of sp³-hybridized carbons (Fsp3) is 0.176. The van der Waals surface area contributed by atoms with E-state index in [0.717, 1.165) is 39.6 Å². The maximum absolute atomic E-state index is 5.40. The van der Waals surface area contributed by atoms with E-state index in [1.165, 1.54) is 0 Å². The molecule has 5 heteroatoms. The van der Waals surface area contributed by atoms with Crippen LogP contribution in [0.3, 0.4) is 0 Å². The second-order valence-electron chi connectivity index (χ2n) is 5.18. The number of hydrogen-bond donors (Lipinski definition) is 1. The van der Waals surface area contributed by atoms with E-state index in [2.05, 4.69) is 15.3 Å². The molecule has 0 saturated heterocycles. The number of nitrogens with zero attached hydrogens (tertiary/aromatic N) is 2. The number of rotatable bonds is 3. The van der Waals surface area contributed by atoms with E-state index >= 15 is 0 Å². The molecule has 0 fully saturated rings. The maximum atomic E-state index is 5.40. The highest BCUT2D eigenvalue weighted by Crippen LogP contribution is 2.32. The zero-order valence-corrected chi connectivity index (χ0v) is 12.2. The van der Waals surface area contributed by atoms with Crippen LogP contribution in [-0.4, -0.2) is 16.8 Å². The molecule has 1 N–H and O–H groups in total. The van der Waals surface area contributed by atoms with E-state index in [4.69, 9.17) is 9.47 Å². The first-order valence-corrected chi connectivity index (χ1v) is 7.15. The second kappa shape index (κ2) is 5.18. The maximum Gasteiger partial charge on any atom is 0.231 e. The van der Waals surface area contributed by atoms with Gasteiger partial charge in [-0.1, -0.05) is 18.2 Å². The first kappa shape index (κ1) is 12.9. The summed E-state index contributed by atoms with van der Waals surface area (Å²) in [6.07, 6.45) is 0. The van der Waals surface area contributed by atoms with Gasteiger partial charge in [0.2, 0.25) is 6.79 Å². The Morgan fingerprint density at radius 3 is 2.86 bits per heavy atom. The minimum Gasteiger partial charge on any atom is -0.454 e. The van der Waals surface area contributed by atoms with Gasteiger partial charge in [-0.05, 0) is 36.8 Å². The summed E-state index contributed by atoms with van der Waals surface area (Å²) >= 11 is 0. The molecule has 22 heavy (non-hydrogen) atoms. The SMILES string of the molecule is Cc1nc(NCc2ccc3c(c2)OCO3)c2ccccc2n1. The van der Waals surface area contributed by atoms with Crippen LogP contribution < -0.4 is 14.8 Å². The van der Waals surface area contributed by atoms with E-state index in [1.807, 2.05) is 49.4 Å². The third-order valence-corrected chi connectivity index (χ3v) is 3.61. The number of ether oxygens (including phenoxy) is 2. The minimum absolute atomic E-state index is 0.294. The second-order valence-corrected chi connectivity index (χ2v) is 5.18. The van der Waals surface area contributed by atoms with Crippen molar-refractivity contribution in [3.8, 4) is 11.5 Å². The van der Waals surface area contributed by atoms with Crippen molar-refractivity contribution in [2.45, 2.75) is 13.5 Å². The molecule has 0 atom stereocenters. The monoisotopic (exact) mass is 293 g/mol. The highest BCUT2D eigenvalue weighted by Gasteiger charge is 2.13. The third kappa shape index (κ3) is 2.30. The van der Waals surface area contributed by atoms with Gasteiger partial charge in [-0.2, -0.15) is 0 Å². The molecule has 0 bridgehead atoms. The van der Waals surface area contributed by atoms with Gasteiger partial charge in [0.05, 0.1) is 5.52 Å². The summed E-state index contributed by atoms with van der Waals surface area (Å²) in [6, 6.07) is 13.9. The van der Waals surface area contributed by atoms with Crippen molar-refractivity contribution >= 4 is 16.7 Å². The molecule has 5 nitrogen and oxygen atoms in total. The number of benzene rings is 2. The molecule has 110 valence electrons. The number of anilines is 1. The van der Waals surface area contributed by atoms with Gasteiger partial charge in [0.25, 0.3) is 0 Å². The lowest BCUT2D eigenvalue weighted by Crippen LogP contribution is -2.04. The van der Waals surface area contributed by atoms with Crippen LogP contribution >= 0.6 is 0 Å². The fourth-order valence-corrected chi connectivity index (χ4v) is 2.56. The first-order chi connectivity index (χ1) is 10.8. The topological polar surface area (TPSA) is 56.3 Å². The molecule has 0 amide bonds. The molecule has 1 aliphatic heterocycles. The average molecular weight is 293 g/mol. The van der Waals surface area contributed by atoms with Gasteiger partial charge in [-0.25, -0.2) is 9.97 Å². The van der Waals surface area contributed by atoms with Gasteiger partial charge < -0.3 is 14.8 Å². The average Bonchev–Trinajstić information content (AvgIpc) is 3.00. The van der Waals surface area contributed by atoms with Crippen molar-refractivity contribution in [1.82, 2.24) is 9.97 Å². The molecule has 2 heterocycles. The standard InChI is InChI=1S/C17H15N3O2/c1-11-19-14-5-3-2-4-13(14)17(20-11)18-9-12-6-7-15-16(8-12)22-10-21-15/h2-8H,9-10H2,1H3,(H,18,19,20). The molecule has 0 saturated carbocycles. The van der Waals surface area contributed by atoms with Crippen molar-refractivity contribution in [3.63, 3.8) is 0 Å². The predicted molar refractivity (Wildman–Crippen MR) is 84.2 cm³/mol. The van der Waals surface area contributed by atoms with Gasteiger partial charge in [-0.15, -0.1) is 0 Å². The number of fused-ring (bicyclic) bond motifs is 2. The van der Waals surface area contributed by atoms with E-state index < -0.39 is 0 Å². The normalized spacial score (nSPS) is 12.6. The van der Waals surface area contributed by atoms with Gasteiger partial charge in [0.1, 0.15) is 11.6 Å². The highest BCUT2D eigenvalue weighted by molar-refractivity contribution is 5.88. The molecule has 0 radical (unpaired) electrons. The van der Waals surface area contributed by atoms with E-state index in [-0.39, 0.29) is 0 Å². The van der Waals surface area contributed by atoms with Crippen LogP contribution in [-0.2, 0) is 6.54 Å². The number of aryl methyl sites for hydroxylation is 1. The Morgan fingerprint density at radius 1 is 1.05 bits per heavy atom. The Bertz CT molecular complexity index is 848. The Labute approximate surface area is 127 Å². The largest absolute Gasteiger partial charge is 0.454 e. The molecule has 4 rings (SSSR count). The van der Waals surface area contributed by atoms with E-state index in [9.17, 15) is 0 Å². The molecule has 0 unspecified atom stereocenters. The van der Waals surface area contributed by atoms with E-state index in [0.29, 0.717) is 13.3 Å². The third-order valence-electron chi connectivity index (χ3n) is 3.61. The molecule has 0 aliphatic carbocycles. The van der Waals surface area contributed by atoms with Crippen LogP contribution in [0.15, 0.2) is 42.5 Å². The van der Waals surface area contributed by atoms with Crippen LogP contribution in [0.4, 0.5) is 5.82 Å². The molecule has 2 aromatic carbocycles. The summed E-state index contributed by atoms with van der Waals surface area (Å²) in [5, 5.41) is 4.41. The Morgan fingerprint density at radius 2 is 1.91 bits per heavy atom. The summed E-state index contributed by atoms with van der Waals surface area (Å²) < 4.78 is 10.7. The van der Waals surface area contributed by atoms with Gasteiger partial charge in [0.15, 0.2) is 11.5 Å². The summed E-state index contributed by atoms with van der Waals surface area (Å²) in [5.74, 6) is 3.20. The lowest BCUT2D eigenvalue weighted by atomic mass is 10.2. The van der Waals surface area contributed by atoms with Gasteiger partial charge in [0, 0.05) is 11.9 Å². The number of aromatic nitrogens is 2. The van der Waals surface area contributed by atoms with Crippen molar-refractivity contribution in [2.75, 3.05) is 12.1 Å². The van der Waals surface area contributed by atoms with Crippen LogP contribution in [0.25, 0.3) is 10.9 Å².